The number of aromatic nitrogens is 2. The van der Waals surface area contributed by atoms with E-state index in [4.69, 9.17) is 10.2 Å². The van der Waals surface area contributed by atoms with Crippen molar-refractivity contribution < 1.29 is 4.39 Å². The van der Waals surface area contributed by atoms with Crippen molar-refractivity contribution in [1.29, 1.82) is 5.26 Å². The summed E-state index contributed by atoms with van der Waals surface area (Å²) in [5, 5.41) is 12.7. The summed E-state index contributed by atoms with van der Waals surface area (Å²) in [6.45, 7) is 1.88. The van der Waals surface area contributed by atoms with Crippen LogP contribution in [0.15, 0.2) is 60.8 Å². The number of nitrogens with one attached hydrogen (secondary N) is 1. The van der Waals surface area contributed by atoms with Crippen LogP contribution < -0.4 is 10.2 Å². The van der Waals surface area contributed by atoms with E-state index in [0.29, 0.717) is 23.8 Å². The van der Waals surface area contributed by atoms with Crippen molar-refractivity contribution in [2.24, 2.45) is 11.8 Å². The molecule has 0 amide bonds. The highest BCUT2D eigenvalue weighted by Crippen LogP contribution is 2.35. The third kappa shape index (κ3) is 5.62. The molecule has 2 fully saturated rings. The fourth-order valence-electron chi connectivity index (χ4n) is 5.76. The molecule has 0 unspecified atom stereocenters. The van der Waals surface area contributed by atoms with Gasteiger partial charge in [0.15, 0.2) is 0 Å². The molecular formula is C29H32FN5. The molecule has 2 aromatic carbocycles. The van der Waals surface area contributed by atoms with E-state index in [1.165, 1.54) is 31.7 Å². The van der Waals surface area contributed by atoms with Crippen molar-refractivity contribution >= 4 is 11.6 Å². The number of hydrogen-bond donors (Lipinski definition) is 1. The van der Waals surface area contributed by atoms with Crippen LogP contribution in [-0.2, 0) is 0 Å². The summed E-state index contributed by atoms with van der Waals surface area (Å²) in [5.41, 5.74) is 3.03. The molecule has 0 radical (unpaired) electrons. The highest BCUT2D eigenvalue weighted by Gasteiger charge is 2.30. The first-order chi connectivity index (χ1) is 17.2. The smallest absolute Gasteiger partial charge is 0.223 e. The number of rotatable bonds is 6. The highest BCUT2D eigenvalue weighted by atomic mass is 19.1. The van der Waals surface area contributed by atoms with Crippen LogP contribution in [0.4, 0.5) is 16.0 Å². The van der Waals surface area contributed by atoms with Gasteiger partial charge >= 0.3 is 0 Å². The molecule has 1 aromatic heterocycles. The Kier molecular flexibility index (Phi) is 7.23. The van der Waals surface area contributed by atoms with Crippen LogP contribution in [-0.4, -0.2) is 29.1 Å². The van der Waals surface area contributed by atoms with Crippen molar-refractivity contribution in [3.8, 4) is 17.3 Å². The normalized spacial score (nSPS) is 22.4. The Hall–Kier alpha value is -3.46. The minimum absolute atomic E-state index is 0.108. The molecule has 0 spiro atoms. The predicted molar refractivity (Wildman–Crippen MR) is 138 cm³/mol. The molecule has 1 N–H and O–H groups in total. The average Bonchev–Trinajstić information content (AvgIpc) is 2.91. The number of hydrogen-bond acceptors (Lipinski definition) is 5. The van der Waals surface area contributed by atoms with E-state index in [9.17, 15) is 4.39 Å². The number of nitrogens with zero attached hydrogens (tertiary/aromatic N) is 4. The maximum Gasteiger partial charge on any atom is 0.223 e. The third-order valence-corrected chi connectivity index (χ3v) is 7.54. The molecule has 5 rings (SSSR count). The molecule has 1 aliphatic heterocycles. The van der Waals surface area contributed by atoms with E-state index in [0.717, 1.165) is 49.3 Å². The molecule has 6 heteroatoms. The van der Waals surface area contributed by atoms with E-state index in [-0.39, 0.29) is 5.56 Å². The lowest BCUT2D eigenvalue weighted by molar-refractivity contribution is 0.247. The zero-order valence-electron chi connectivity index (χ0n) is 20.0. The lowest BCUT2D eigenvalue weighted by Gasteiger charge is -2.39. The van der Waals surface area contributed by atoms with Gasteiger partial charge in [-0.05, 0) is 68.2 Å². The quantitative estimate of drug-likeness (QED) is 0.451. The molecule has 0 bridgehead atoms. The molecule has 1 saturated carbocycles. The van der Waals surface area contributed by atoms with Gasteiger partial charge in [-0.15, -0.1) is 0 Å². The van der Waals surface area contributed by atoms with Gasteiger partial charge in [-0.25, -0.2) is 14.4 Å². The molecule has 35 heavy (non-hydrogen) atoms. The molecule has 2 aliphatic rings. The molecule has 3 atom stereocenters. The number of piperidine rings is 1. The lowest BCUT2D eigenvalue weighted by atomic mass is 9.77. The van der Waals surface area contributed by atoms with Gasteiger partial charge in [0.25, 0.3) is 0 Å². The summed E-state index contributed by atoms with van der Waals surface area (Å²) in [4.78, 5) is 11.6. The average molecular weight is 470 g/mol. The Morgan fingerprint density at radius 1 is 1.03 bits per heavy atom. The van der Waals surface area contributed by atoms with Crippen LogP contribution in [0.1, 0.15) is 50.5 Å². The Balaban J connectivity index is 1.25. The number of benzene rings is 2. The summed E-state index contributed by atoms with van der Waals surface area (Å²) in [6.07, 6.45) is 10.2. The van der Waals surface area contributed by atoms with Crippen molar-refractivity contribution in [3.63, 3.8) is 0 Å². The molecule has 1 saturated heterocycles. The van der Waals surface area contributed by atoms with E-state index in [2.05, 4.69) is 27.3 Å². The SMILES string of the molecule is N#Cc1ccc(N2CCC[C@H](C[C@@H]3CCCC[C@H]3Nc3nccc(-c4ccccc4)n3)C2)cc1F. The van der Waals surface area contributed by atoms with Crippen molar-refractivity contribution in [2.75, 3.05) is 23.3 Å². The van der Waals surface area contributed by atoms with Crippen LogP contribution in [0.25, 0.3) is 11.3 Å². The fraction of sp³-hybridized carbons (Fsp3) is 0.414. The van der Waals surface area contributed by atoms with E-state index < -0.39 is 5.82 Å². The van der Waals surface area contributed by atoms with Crippen molar-refractivity contribution in [3.05, 3.63) is 72.2 Å². The molecule has 180 valence electrons. The first-order valence-electron chi connectivity index (χ1n) is 12.8. The van der Waals surface area contributed by atoms with Gasteiger partial charge in [0.2, 0.25) is 5.95 Å². The maximum absolute atomic E-state index is 14.2. The number of anilines is 2. The number of nitriles is 1. The van der Waals surface area contributed by atoms with Gasteiger partial charge in [-0.2, -0.15) is 5.26 Å². The van der Waals surface area contributed by atoms with Gasteiger partial charge in [-0.3, -0.25) is 0 Å². The third-order valence-electron chi connectivity index (χ3n) is 7.54. The maximum atomic E-state index is 14.2. The topological polar surface area (TPSA) is 64.8 Å². The standard InChI is InChI=1S/C29H32FN5/c30-26-18-25(13-12-24(26)19-31)35-16-6-7-21(20-35)17-23-10-4-5-11-27(23)33-29-32-15-14-28(34-29)22-8-2-1-3-9-22/h1-3,8-9,12-15,18,21,23,27H,4-7,10-11,16-17,20H2,(H,32,33,34)/t21-,23+,27-/m1/s1. The second-order valence-electron chi connectivity index (χ2n) is 9.89. The highest BCUT2D eigenvalue weighted by molar-refractivity contribution is 5.59. The largest absolute Gasteiger partial charge is 0.371 e. The predicted octanol–water partition coefficient (Wildman–Crippen LogP) is 6.43. The monoisotopic (exact) mass is 469 g/mol. The first kappa shape index (κ1) is 23.3. The number of halogens is 1. The molecule has 5 nitrogen and oxygen atoms in total. The summed E-state index contributed by atoms with van der Waals surface area (Å²) < 4.78 is 14.2. The first-order valence-corrected chi connectivity index (χ1v) is 12.8. The van der Waals surface area contributed by atoms with Crippen molar-refractivity contribution in [2.45, 2.75) is 51.0 Å². The van der Waals surface area contributed by atoms with Crippen molar-refractivity contribution in [1.82, 2.24) is 9.97 Å². The molecule has 2 heterocycles. The lowest BCUT2D eigenvalue weighted by Crippen LogP contribution is -2.39. The van der Waals surface area contributed by atoms with Crippen LogP contribution in [0.2, 0.25) is 0 Å². The van der Waals surface area contributed by atoms with Crippen LogP contribution in [0, 0.1) is 29.0 Å². The van der Waals surface area contributed by atoms with Gasteiger partial charge in [-0.1, -0.05) is 43.2 Å². The van der Waals surface area contributed by atoms with Crippen LogP contribution in [0.5, 0.6) is 0 Å². The summed E-state index contributed by atoms with van der Waals surface area (Å²) in [6, 6.07) is 19.5. The summed E-state index contributed by atoms with van der Waals surface area (Å²) in [5.74, 6) is 1.43. The zero-order chi connectivity index (χ0) is 24.0. The van der Waals surface area contributed by atoms with E-state index in [1.807, 2.05) is 42.6 Å². The minimum atomic E-state index is -0.429. The summed E-state index contributed by atoms with van der Waals surface area (Å²) >= 11 is 0. The van der Waals surface area contributed by atoms with Crippen LogP contribution in [0.3, 0.4) is 0 Å². The Labute approximate surface area is 207 Å². The van der Waals surface area contributed by atoms with Gasteiger partial charge in [0, 0.05) is 36.6 Å². The van der Waals surface area contributed by atoms with Gasteiger partial charge in [0.1, 0.15) is 11.9 Å². The fourth-order valence-corrected chi connectivity index (χ4v) is 5.76. The molecular weight excluding hydrogens is 437 g/mol. The summed E-state index contributed by atoms with van der Waals surface area (Å²) in [7, 11) is 0. The minimum Gasteiger partial charge on any atom is -0.371 e. The Morgan fingerprint density at radius 2 is 1.89 bits per heavy atom. The van der Waals surface area contributed by atoms with Gasteiger partial charge in [0.05, 0.1) is 11.3 Å². The van der Waals surface area contributed by atoms with E-state index in [1.54, 1.807) is 6.07 Å². The Morgan fingerprint density at radius 3 is 2.71 bits per heavy atom. The molecule has 1 aliphatic carbocycles. The van der Waals surface area contributed by atoms with E-state index >= 15 is 0 Å². The second-order valence-corrected chi connectivity index (χ2v) is 9.89. The zero-order valence-corrected chi connectivity index (χ0v) is 20.0. The second kappa shape index (κ2) is 10.9. The molecule has 3 aromatic rings. The Bertz CT molecular complexity index is 1180. The van der Waals surface area contributed by atoms with Gasteiger partial charge < -0.3 is 10.2 Å². The van der Waals surface area contributed by atoms with Crippen LogP contribution >= 0.6 is 0 Å².